The first-order valence-electron chi connectivity index (χ1n) is 6.99. The molecular formula is C13H29N3O2. The fourth-order valence-electron chi connectivity index (χ4n) is 1.95. The van der Waals surface area contributed by atoms with Gasteiger partial charge in [-0.15, -0.1) is 0 Å². The van der Waals surface area contributed by atoms with E-state index < -0.39 is 0 Å². The van der Waals surface area contributed by atoms with Crippen molar-refractivity contribution < 1.29 is 9.47 Å². The van der Waals surface area contributed by atoms with Crippen LogP contribution in [0.3, 0.4) is 0 Å². The average molecular weight is 259 g/mol. The van der Waals surface area contributed by atoms with Crippen molar-refractivity contribution in [1.29, 1.82) is 0 Å². The normalized spacial score (nSPS) is 21.7. The minimum absolute atomic E-state index is 0.334. The highest BCUT2D eigenvalue weighted by atomic mass is 16.5. The lowest BCUT2D eigenvalue weighted by Gasteiger charge is -2.32. The number of morpholine rings is 1. The predicted octanol–water partition coefficient (Wildman–Crippen LogP) is -0.125. The molecule has 1 heterocycles. The quantitative estimate of drug-likeness (QED) is 0.584. The third kappa shape index (κ3) is 7.28. The second kappa shape index (κ2) is 9.69. The number of nitrogens with one attached hydrogen (secondary N) is 1. The molecule has 5 heteroatoms. The molecule has 1 aliphatic rings. The van der Waals surface area contributed by atoms with Crippen molar-refractivity contribution in [2.24, 2.45) is 0 Å². The Morgan fingerprint density at radius 3 is 2.94 bits per heavy atom. The van der Waals surface area contributed by atoms with Gasteiger partial charge in [0.2, 0.25) is 0 Å². The highest BCUT2D eigenvalue weighted by Crippen LogP contribution is 2.03. The standard InChI is InChI=1S/C13H29N3O2/c1-4-16-7-10-18-13(12-16)11-14-5-8-17-9-6-15(2)3/h13-14H,4-12H2,1-3H3. The zero-order chi connectivity index (χ0) is 13.2. The molecule has 1 atom stereocenters. The molecule has 108 valence electrons. The van der Waals surface area contributed by atoms with E-state index in [2.05, 4.69) is 36.1 Å². The Balaban J connectivity index is 1.91. The van der Waals surface area contributed by atoms with Crippen molar-refractivity contribution in [3.63, 3.8) is 0 Å². The van der Waals surface area contributed by atoms with E-state index in [1.165, 1.54) is 0 Å². The summed E-state index contributed by atoms with van der Waals surface area (Å²) < 4.78 is 11.2. The SMILES string of the molecule is CCN1CCOC(CNCCOCCN(C)C)C1. The molecule has 0 spiro atoms. The van der Waals surface area contributed by atoms with Crippen LogP contribution in [0.1, 0.15) is 6.92 Å². The Morgan fingerprint density at radius 2 is 2.22 bits per heavy atom. The van der Waals surface area contributed by atoms with E-state index in [1.54, 1.807) is 0 Å². The highest BCUT2D eigenvalue weighted by Gasteiger charge is 2.18. The van der Waals surface area contributed by atoms with Crippen LogP contribution in [-0.2, 0) is 9.47 Å². The Hall–Kier alpha value is -0.200. The van der Waals surface area contributed by atoms with Crippen molar-refractivity contribution in [3.05, 3.63) is 0 Å². The van der Waals surface area contributed by atoms with Crippen molar-refractivity contribution in [2.75, 3.05) is 73.2 Å². The summed E-state index contributed by atoms with van der Waals surface area (Å²) in [5.41, 5.74) is 0. The van der Waals surface area contributed by atoms with E-state index in [0.717, 1.165) is 59.1 Å². The van der Waals surface area contributed by atoms with Gasteiger partial charge >= 0.3 is 0 Å². The zero-order valence-electron chi connectivity index (χ0n) is 12.2. The lowest BCUT2D eigenvalue weighted by Crippen LogP contribution is -2.46. The maximum Gasteiger partial charge on any atom is 0.0826 e. The molecular weight excluding hydrogens is 230 g/mol. The third-order valence-corrected chi connectivity index (χ3v) is 3.15. The smallest absolute Gasteiger partial charge is 0.0826 e. The van der Waals surface area contributed by atoms with Gasteiger partial charge in [-0.25, -0.2) is 0 Å². The van der Waals surface area contributed by atoms with Crippen molar-refractivity contribution in [3.8, 4) is 0 Å². The molecule has 1 rings (SSSR count). The minimum atomic E-state index is 0.334. The topological polar surface area (TPSA) is 37.0 Å². The summed E-state index contributed by atoms with van der Waals surface area (Å²) in [6.45, 7) is 10.7. The summed E-state index contributed by atoms with van der Waals surface area (Å²) >= 11 is 0. The summed E-state index contributed by atoms with van der Waals surface area (Å²) in [4.78, 5) is 4.56. The molecule has 1 N–H and O–H groups in total. The summed E-state index contributed by atoms with van der Waals surface area (Å²) in [7, 11) is 4.11. The molecule has 0 aromatic rings. The number of hydrogen-bond acceptors (Lipinski definition) is 5. The number of nitrogens with zero attached hydrogens (tertiary/aromatic N) is 2. The van der Waals surface area contributed by atoms with E-state index in [0.29, 0.717) is 6.10 Å². The summed E-state index contributed by atoms with van der Waals surface area (Å²) in [5.74, 6) is 0. The second-order valence-corrected chi connectivity index (χ2v) is 5.01. The number of hydrogen-bond donors (Lipinski definition) is 1. The van der Waals surface area contributed by atoms with Crippen LogP contribution in [0, 0.1) is 0 Å². The molecule has 18 heavy (non-hydrogen) atoms. The molecule has 0 bridgehead atoms. The first kappa shape index (κ1) is 15.9. The second-order valence-electron chi connectivity index (χ2n) is 5.01. The van der Waals surface area contributed by atoms with Crippen LogP contribution in [-0.4, -0.2) is 89.1 Å². The maximum absolute atomic E-state index is 5.72. The molecule has 1 aliphatic heterocycles. The lowest BCUT2D eigenvalue weighted by molar-refractivity contribution is -0.0258. The van der Waals surface area contributed by atoms with Gasteiger partial charge in [0, 0.05) is 32.7 Å². The maximum atomic E-state index is 5.72. The van der Waals surface area contributed by atoms with Gasteiger partial charge in [0.1, 0.15) is 0 Å². The Bertz CT molecular complexity index is 203. The van der Waals surface area contributed by atoms with Crippen LogP contribution >= 0.6 is 0 Å². The first-order chi connectivity index (χ1) is 8.72. The Kier molecular flexibility index (Phi) is 8.54. The summed E-state index contributed by atoms with van der Waals surface area (Å²) in [6, 6.07) is 0. The lowest BCUT2D eigenvalue weighted by atomic mass is 10.2. The fourth-order valence-corrected chi connectivity index (χ4v) is 1.95. The van der Waals surface area contributed by atoms with Gasteiger partial charge < -0.3 is 19.7 Å². The molecule has 5 nitrogen and oxygen atoms in total. The Morgan fingerprint density at radius 1 is 1.39 bits per heavy atom. The number of rotatable bonds is 9. The van der Waals surface area contributed by atoms with Gasteiger partial charge in [0.15, 0.2) is 0 Å². The van der Waals surface area contributed by atoms with Crippen LogP contribution in [0.4, 0.5) is 0 Å². The van der Waals surface area contributed by atoms with Gasteiger partial charge in [-0.1, -0.05) is 6.92 Å². The largest absolute Gasteiger partial charge is 0.379 e. The molecule has 0 amide bonds. The minimum Gasteiger partial charge on any atom is -0.379 e. The molecule has 0 aromatic carbocycles. The van der Waals surface area contributed by atoms with Gasteiger partial charge in [0.25, 0.3) is 0 Å². The monoisotopic (exact) mass is 259 g/mol. The molecule has 1 saturated heterocycles. The fraction of sp³-hybridized carbons (Fsp3) is 1.00. The average Bonchev–Trinajstić information content (AvgIpc) is 2.37. The van der Waals surface area contributed by atoms with Crippen molar-refractivity contribution in [1.82, 2.24) is 15.1 Å². The molecule has 0 aromatic heterocycles. The molecule has 0 aliphatic carbocycles. The molecule has 1 fully saturated rings. The molecule has 0 radical (unpaired) electrons. The van der Waals surface area contributed by atoms with Crippen LogP contribution in [0.25, 0.3) is 0 Å². The van der Waals surface area contributed by atoms with Gasteiger partial charge in [0.05, 0.1) is 25.9 Å². The highest BCUT2D eigenvalue weighted by molar-refractivity contribution is 4.72. The van der Waals surface area contributed by atoms with Crippen LogP contribution in [0.5, 0.6) is 0 Å². The van der Waals surface area contributed by atoms with Gasteiger partial charge in [-0.2, -0.15) is 0 Å². The van der Waals surface area contributed by atoms with E-state index in [1.807, 2.05) is 0 Å². The van der Waals surface area contributed by atoms with Crippen molar-refractivity contribution in [2.45, 2.75) is 13.0 Å². The zero-order valence-corrected chi connectivity index (χ0v) is 12.2. The number of likely N-dealkylation sites (N-methyl/N-ethyl adjacent to an activating group) is 2. The van der Waals surface area contributed by atoms with Crippen LogP contribution in [0.15, 0.2) is 0 Å². The van der Waals surface area contributed by atoms with E-state index >= 15 is 0 Å². The summed E-state index contributed by atoms with van der Waals surface area (Å²) in [6.07, 6.45) is 0.334. The van der Waals surface area contributed by atoms with Crippen LogP contribution in [0.2, 0.25) is 0 Å². The summed E-state index contributed by atoms with van der Waals surface area (Å²) in [5, 5.41) is 3.40. The number of ether oxygens (including phenoxy) is 2. The predicted molar refractivity (Wildman–Crippen MR) is 74.1 cm³/mol. The van der Waals surface area contributed by atoms with Crippen LogP contribution < -0.4 is 5.32 Å². The van der Waals surface area contributed by atoms with E-state index in [-0.39, 0.29) is 0 Å². The van der Waals surface area contributed by atoms with Crippen molar-refractivity contribution >= 4 is 0 Å². The first-order valence-corrected chi connectivity index (χ1v) is 6.99. The van der Waals surface area contributed by atoms with Gasteiger partial charge in [-0.05, 0) is 20.6 Å². The molecule has 0 saturated carbocycles. The van der Waals surface area contributed by atoms with E-state index in [9.17, 15) is 0 Å². The Labute approximate surface area is 111 Å². The van der Waals surface area contributed by atoms with E-state index in [4.69, 9.17) is 9.47 Å². The molecule has 1 unspecified atom stereocenters. The van der Waals surface area contributed by atoms with Gasteiger partial charge in [-0.3, -0.25) is 4.90 Å². The third-order valence-electron chi connectivity index (χ3n) is 3.15.